The van der Waals surface area contributed by atoms with Crippen LogP contribution < -0.4 is 69.3 Å². The van der Waals surface area contributed by atoms with Crippen LogP contribution in [0.2, 0.25) is 0 Å². The molecule has 0 rings (SSSR count). The number of unbranched alkanes of at least 4 members (excludes halogenated alkanes) is 12. The molecule has 0 saturated heterocycles. The van der Waals surface area contributed by atoms with Crippen LogP contribution in [0.4, 0.5) is 0 Å². The average molecular weight is 513 g/mol. The molecule has 0 amide bonds. The molecule has 186 valence electrons. The zero-order chi connectivity index (χ0) is 24.1. The van der Waals surface area contributed by atoms with E-state index in [0.717, 1.165) is 18.8 Å². The van der Waals surface area contributed by atoms with Gasteiger partial charge in [0.1, 0.15) is 5.25 Å². The van der Waals surface area contributed by atoms with Gasteiger partial charge < -0.3 is 20.1 Å². The monoisotopic (exact) mass is 512 g/mol. The van der Waals surface area contributed by atoms with Crippen molar-refractivity contribution in [1.29, 1.82) is 0 Å². The second-order valence-electron chi connectivity index (χ2n) is 8.40. The first-order valence-electron chi connectivity index (χ1n) is 11.5. The van der Waals surface area contributed by atoms with Gasteiger partial charge in [-0.1, -0.05) is 104 Å². The van der Waals surface area contributed by atoms with Crippen molar-refractivity contribution in [2.24, 2.45) is 5.92 Å². The standard InChI is InChI=1S/C18H37O.C4H6O7S.2Na/c1-18(2)16-14-12-10-8-6-4-3-5-7-9-11-13-15-17-19;5-3(6)1-2(4(7)8)12(9,10)11;;/h18H,3-17H2,1-2H3;2H,1H2,(H,5,6)(H,7,8)(H,9,10,11);;/q-1;;2*+1/p-1. The quantitative estimate of drug-likeness (QED) is 0.105. The van der Waals surface area contributed by atoms with Crippen LogP contribution in [0, 0.1) is 5.92 Å². The Bertz CT molecular complexity index is 557. The molecule has 0 radical (unpaired) electrons. The Morgan fingerprint density at radius 2 is 1.09 bits per heavy atom. The first-order chi connectivity index (χ1) is 14.5. The van der Waals surface area contributed by atoms with Crippen LogP contribution in [-0.2, 0) is 19.7 Å². The minimum Gasteiger partial charge on any atom is -0.854 e. The minimum absolute atomic E-state index is 0. The Morgan fingerprint density at radius 1 is 0.758 bits per heavy atom. The molecule has 11 heteroatoms. The minimum atomic E-state index is -4.90. The van der Waals surface area contributed by atoms with Gasteiger partial charge in [0, 0.05) is 0 Å². The van der Waals surface area contributed by atoms with Gasteiger partial charge in [-0.05, 0) is 5.92 Å². The number of carbonyl (C=O) groups is 2. The molecule has 0 saturated carbocycles. The molecule has 0 aliphatic carbocycles. The summed E-state index contributed by atoms with van der Waals surface area (Å²) in [5.74, 6) is -2.91. The van der Waals surface area contributed by atoms with Gasteiger partial charge in [0.15, 0.2) is 0 Å². The van der Waals surface area contributed by atoms with Crippen molar-refractivity contribution in [3.05, 3.63) is 0 Å². The van der Waals surface area contributed by atoms with Crippen molar-refractivity contribution in [3.8, 4) is 0 Å². The van der Waals surface area contributed by atoms with Crippen LogP contribution in [0.15, 0.2) is 0 Å². The third kappa shape index (κ3) is 32.8. The zero-order valence-corrected chi connectivity index (χ0v) is 26.0. The van der Waals surface area contributed by atoms with E-state index in [0.29, 0.717) is 0 Å². The van der Waals surface area contributed by atoms with E-state index in [1.807, 2.05) is 0 Å². The molecule has 0 aliphatic heterocycles. The SMILES string of the molecule is CC(C)CCCCCCCCCCCCCCC[O-].O=C(O)CC(C(=O)[O-])S(=O)(=O)O.[Na+].[Na+]. The fourth-order valence-corrected chi connectivity index (χ4v) is 3.66. The Morgan fingerprint density at radius 3 is 1.30 bits per heavy atom. The summed E-state index contributed by atoms with van der Waals surface area (Å²) in [7, 11) is -4.90. The van der Waals surface area contributed by atoms with E-state index in [2.05, 4.69) is 13.8 Å². The summed E-state index contributed by atoms with van der Waals surface area (Å²) in [6, 6.07) is 0. The van der Waals surface area contributed by atoms with Gasteiger partial charge in [-0.15, -0.1) is 6.61 Å². The first-order valence-corrected chi connectivity index (χ1v) is 13.0. The average Bonchev–Trinajstić information content (AvgIpc) is 2.65. The van der Waals surface area contributed by atoms with Crippen LogP contribution in [0.5, 0.6) is 0 Å². The summed E-state index contributed by atoms with van der Waals surface area (Å²) >= 11 is 0. The van der Waals surface area contributed by atoms with Crippen molar-refractivity contribution in [3.63, 3.8) is 0 Å². The van der Waals surface area contributed by atoms with Gasteiger partial charge in [0.05, 0.1) is 12.4 Å². The van der Waals surface area contributed by atoms with Crippen molar-refractivity contribution < 1.29 is 97.0 Å². The molecule has 0 fully saturated rings. The van der Waals surface area contributed by atoms with Crippen LogP contribution >= 0.6 is 0 Å². The number of carbonyl (C=O) groups excluding carboxylic acids is 1. The number of rotatable bonds is 19. The molecular weight excluding hydrogens is 470 g/mol. The molecule has 1 atom stereocenters. The maximum absolute atomic E-state index is 10.3. The molecule has 0 spiro atoms. The Hall–Kier alpha value is 0.810. The molecule has 1 unspecified atom stereocenters. The summed E-state index contributed by atoms with van der Waals surface area (Å²) in [5, 5.41) is 25.9. The van der Waals surface area contributed by atoms with Gasteiger partial charge in [-0.25, -0.2) is 0 Å². The molecule has 0 aromatic rings. The van der Waals surface area contributed by atoms with Crippen LogP contribution in [0.25, 0.3) is 0 Å². The van der Waals surface area contributed by atoms with Gasteiger partial charge in [0.25, 0.3) is 10.1 Å². The van der Waals surface area contributed by atoms with Crippen molar-refractivity contribution in [1.82, 2.24) is 0 Å². The number of hydrogen-bond donors (Lipinski definition) is 2. The Kier molecular flexibility index (Phi) is 34.0. The maximum atomic E-state index is 10.3. The fourth-order valence-electron chi connectivity index (χ4n) is 3.07. The predicted octanol–water partition coefficient (Wildman–Crippen LogP) is -3.06. The number of carboxylic acid groups (broad SMARTS) is 2. The van der Waals surface area contributed by atoms with Crippen molar-refractivity contribution in [2.75, 3.05) is 6.61 Å². The number of carboxylic acids is 2. The van der Waals surface area contributed by atoms with Crippen LogP contribution in [-0.4, -0.2) is 41.9 Å². The van der Waals surface area contributed by atoms with E-state index in [1.54, 1.807) is 0 Å². The molecule has 8 nitrogen and oxygen atoms in total. The second-order valence-corrected chi connectivity index (χ2v) is 10.0. The third-order valence-corrected chi connectivity index (χ3v) is 5.99. The van der Waals surface area contributed by atoms with E-state index in [4.69, 9.17) is 9.66 Å². The number of aliphatic carboxylic acids is 2. The molecule has 33 heavy (non-hydrogen) atoms. The van der Waals surface area contributed by atoms with Gasteiger partial charge in [-0.3, -0.25) is 9.35 Å². The first kappa shape index (κ1) is 41.0. The van der Waals surface area contributed by atoms with E-state index in [9.17, 15) is 28.2 Å². The molecule has 0 aliphatic rings. The molecule has 0 bridgehead atoms. The Labute approximate surface area is 245 Å². The van der Waals surface area contributed by atoms with Crippen molar-refractivity contribution in [2.45, 2.75) is 115 Å². The third-order valence-electron chi connectivity index (χ3n) is 4.91. The van der Waals surface area contributed by atoms with E-state index in [1.165, 1.54) is 77.0 Å². The molecular formula is C22H42Na2O8S. The summed E-state index contributed by atoms with van der Waals surface area (Å²) in [4.78, 5) is 19.9. The van der Waals surface area contributed by atoms with Crippen LogP contribution in [0.3, 0.4) is 0 Å². The van der Waals surface area contributed by atoms with E-state index in [-0.39, 0.29) is 65.7 Å². The van der Waals surface area contributed by atoms with E-state index >= 15 is 0 Å². The zero-order valence-electron chi connectivity index (χ0n) is 21.2. The Balaban J connectivity index is -0.000000262. The topological polar surface area (TPSA) is 155 Å². The fraction of sp³-hybridized carbons (Fsp3) is 0.909. The molecule has 2 N–H and O–H groups in total. The van der Waals surface area contributed by atoms with Gasteiger partial charge in [0.2, 0.25) is 0 Å². The maximum Gasteiger partial charge on any atom is 1.00 e. The van der Waals surface area contributed by atoms with E-state index < -0.39 is 33.7 Å². The summed E-state index contributed by atoms with van der Waals surface area (Å²) in [6.07, 6.45) is 17.7. The summed E-state index contributed by atoms with van der Waals surface area (Å²) < 4.78 is 28.5. The smallest absolute Gasteiger partial charge is 0.854 e. The normalized spacial score (nSPS) is 11.5. The predicted molar refractivity (Wildman–Crippen MR) is 117 cm³/mol. The molecule has 0 aromatic heterocycles. The van der Waals surface area contributed by atoms with Gasteiger partial charge >= 0.3 is 65.1 Å². The summed E-state index contributed by atoms with van der Waals surface area (Å²) in [5.41, 5.74) is 0. The molecule has 0 heterocycles. The number of hydrogen-bond acceptors (Lipinski definition) is 6. The largest absolute Gasteiger partial charge is 1.00 e. The summed E-state index contributed by atoms with van der Waals surface area (Å²) in [6.45, 7) is 4.76. The van der Waals surface area contributed by atoms with Gasteiger partial charge in [-0.2, -0.15) is 8.42 Å². The van der Waals surface area contributed by atoms with Crippen molar-refractivity contribution >= 4 is 22.1 Å². The molecule has 0 aromatic carbocycles. The second kappa shape index (κ2) is 27.4. The van der Waals surface area contributed by atoms with Crippen LogP contribution in [0.1, 0.15) is 110 Å².